The lowest BCUT2D eigenvalue weighted by Crippen LogP contribution is -2.34. The van der Waals surface area contributed by atoms with Crippen LogP contribution in [0.3, 0.4) is 0 Å². The van der Waals surface area contributed by atoms with Gasteiger partial charge in [0, 0.05) is 18.1 Å². The van der Waals surface area contributed by atoms with E-state index in [2.05, 4.69) is 4.74 Å². The summed E-state index contributed by atoms with van der Waals surface area (Å²) in [4.78, 5) is 11.3. The molecule has 1 N–H and O–H groups in total. The lowest BCUT2D eigenvalue weighted by Gasteiger charge is -2.35. The normalized spacial score (nSPS) is 21.4. The number of carbonyl (C=O) groups is 1. The second-order valence-electron chi connectivity index (χ2n) is 5.56. The molecule has 20 heavy (non-hydrogen) atoms. The van der Waals surface area contributed by atoms with Crippen molar-refractivity contribution in [2.75, 3.05) is 7.11 Å². The van der Waals surface area contributed by atoms with Crippen molar-refractivity contribution >= 4 is 5.97 Å². The summed E-state index contributed by atoms with van der Waals surface area (Å²) in [6.07, 6.45) is -0.709. The fourth-order valence-electron chi connectivity index (χ4n) is 2.28. The van der Waals surface area contributed by atoms with E-state index >= 15 is 0 Å². The summed E-state index contributed by atoms with van der Waals surface area (Å²) in [5.41, 5.74) is 0.307. The second-order valence-corrected chi connectivity index (χ2v) is 5.56. The zero-order valence-corrected chi connectivity index (χ0v) is 12.2. The molecular formula is C15H20O5. The minimum Gasteiger partial charge on any atom is -0.487 e. The Kier molecular flexibility index (Phi) is 3.90. The molecule has 2 atom stereocenters. The number of benzene rings is 1. The van der Waals surface area contributed by atoms with E-state index in [1.54, 1.807) is 25.1 Å². The number of esters is 1. The lowest BCUT2D eigenvalue weighted by atomic mass is 9.92. The summed E-state index contributed by atoms with van der Waals surface area (Å²) >= 11 is 0. The van der Waals surface area contributed by atoms with Crippen LogP contribution >= 0.6 is 0 Å². The van der Waals surface area contributed by atoms with Crippen LogP contribution in [-0.4, -0.2) is 29.9 Å². The Balaban J connectivity index is 2.21. The molecule has 1 aromatic rings. The molecule has 0 saturated heterocycles. The predicted molar refractivity (Wildman–Crippen MR) is 72.8 cm³/mol. The van der Waals surface area contributed by atoms with Gasteiger partial charge in [0.25, 0.3) is 0 Å². The molecule has 110 valence electrons. The number of hydrogen-bond acceptors (Lipinski definition) is 5. The Bertz CT molecular complexity index is 509. The van der Waals surface area contributed by atoms with E-state index in [0.29, 0.717) is 17.9 Å². The van der Waals surface area contributed by atoms with Gasteiger partial charge in [0.2, 0.25) is 0 Å². The molecule has 1 heterocycles. The van der Waals surface area contributed by atoms with Crippen LogP contribution in [0.25, 0.3) is 0 Å². The number of aliphatic hydroxyl groups is 1. The van der Waals surface area contributed by atoms with Gasteiger partial charge in [0.15, 0.2) is 6.10 Å². The van der Waals surface area contributed by atoms with E-state index in [0.717, 1.165) is 5.56 Å². The molecule has 2 unspecified atom stereocenters. The standard InChI is InChI=1S/C15H20O5/c1-9(14(17)18-4)19-10-5-6-11-12(16)8-15(2,3)20-13(11)7-10/h5-7,9,12,16H,8H2,1-4H3. The monoisotopic (exact) mass is 280 g/mol. The molecule has 0 spiro atoms. The molecule has 0 radical (unpaired) electrons. The SMILES string of the molecule is COC(=O)C(C)Oc1ccc2c(c1)OC(C)(C)CC2O. The van der Waals surface area contributed by atoms with Crippen LogP contribution in [0.15, 0.2) is 18.2 Å². The summed E-state index contributed by atoms with van der Waals surface area (Å²) in [5, 5.41) is 10.1. The molecule has 0 saturated carbocycles. The molecular weight excluding hydrogens is 260 g/mol. The smallest absolute Gasteiger partial charge is 0.346 e. The molecule has 1 aliphatic rings. The largest absolute Gasteiger partial charge is 0.487 e. The summed E-state index contributed by atoms with van der Waals surface area (Å²) in [6.45, 7) is 5.46. The molecule has 5 heteroatoms. The molecule has 1 aromatic carbocycles. The van der Waals surface area contributed by atoms with Crippen molar-refractivity contribution in [3.05, 3.63) is 23.8 Å². The van der Waals surface area contributed by atoms with E-state index in [-0.39, 0.29) is 0 Å². The van der Waals surface area contributed by atoms with Crippen molar-refractivity contribution < 1.29 is 24.1 Å². The highest BCUT2D eigenvalue weighted by Crippen LogP contribution is 2.41. The van der Waals surface area contributed by atoms with E-state index < -0.39 is 23.8 Å². The zero-order chi connectivity index (χ0) is 14.9. The number of fused-ring (bicyclic) bond motifs is 1. The van der Waals surface area contributed by atoms with Crippen LogP contribution in [0.1, 0.15) is 38.9 Å². The minimum atomic E-state index is -0.695. The highest BCUT2D eigenvalue weighted by molar-refractivity contribution is 5.74. The number of carbonyl (C=O) groups excluding carboxylic acids is 1. The first kappa shape index (κ1) is 14.7. The fourth-order valence-corrected chi connectivity index (χ4v) is 2.28. The van der Waals surface area contributed by atoms with E-state index in [1.165, 1.54) is 7.11 Å². The van der Waals surface area contributed by atoms with Gasteiger partial charge in [-0.2, -0.15) is 0 Å². The Hall–Kier alpha value is -1.75. The molecule has 0 amide bonds. The van der Waals surface area contributed by atoms with Crippen molar-refractivity contribution in [1.82, 2.24) is 0 Å². The Morgan fingerprint density at radius 3 is 2.85 bits per heavy atom. The third-order valence-electron chi connectivity index (χ3n) is 3.26. The van der Waals surface area contributed by atoms with E-state index in [9.17, 15) is 9.90 Å². The summed E-state index contributed by atoms with van der Waals surface area (Å²) in [5.74, 6) is 0.652. The molecule has 1 aliphatic heterocycles. The van der Waals surface area contributed by atoms with Gasteiger partial charge in [-0.15, -0.1) is 0 Å². The minimum absolute atomic E-state index is 0.432. The van der Waals surface area contributed by atoms with Crippen molar-refractivity contribution in [2.24, 2.45) is 0 Å². The highest BCUT2D eigenvalue weighted by atomic mass is 16.6. The van der Waals surface area contributed by atoms with Gasteiger partial charge < -0.3 is 19.3 Å². The van der Waals surface area contributed by atoms with E-state index in [4.69, 9.17) is 9.47 Å². The molecule has 0 aliphatic carbocycles. The van der Waals surface area contributed by atoms with Crippen molar-refractivity contribution in [2.45, 2.75) is 45.0 Å². The molecule has 2 rings (SSSR count). The maximum absolute atomic E-state index is 11.3. The van der Waals surface area contributed by atoms with Gasteiger partial charge in [-0.3, -0.25) is 0 Å². The van der Waals surface area contributed by atoms with Crippen LogP contribution in [0.5, 0.6) is 11.5 Å². The van der Waals surface area contributed by atoms with Crippen molar-refractivity contribution in [1.29, 1.82) is 0 Å². The summed E-state index contributed by atoms with van der Waals surface area (Å²) < 4.78 is 16.0. The van der Waals surface area contributed by atoms with Crippen LogP contribution in [-0.2, 0) is 9.53 Å². The first-order chi connectivity index (χ1) is 9.32. The Labute approximate surface area is 118 Å². The average molecular weight is 280 g/mol. The number of aliphatic hydroxyl groups excluding tert-OH is 1. The maximum atomic E-state index is 11.3. The quantitative estimate of drug-likeness (QED) is 0.860. The first-order valence-electron chi connectivity index (χ1n) is 6.58. The van der Waals surface area contributed by atoms with Gasteiger partial charge in [-0.1, -0.05) is 0 Å². The zero-order valence-electron chi connectivity index (χ0n) is 12.2. The van der Waals surface area contributed by atoms with Gasteiger partial charge in [-0.05, 0) is 32.9 Å². The Morgan fingerprint density at radius 1 is 1.50 bits per heavy atom. The number of methoxy groups -OCH3 is 1. The van der Waals surface area contributed by atoms with Crippen LogP contribution < -0.4 is 9.47 Å². The number of hydrogen-bond donors (Lipinski definition) is 1. The molecule has 0 aromatic heterocycles. The third-order valence-corrected chi connectivity index (χ3v) is 3.26. The Morgan fingerprint density at radius 2 is 2.20 bits per heavy atom. The second kappa shape index (κ2) is 5.32. The van der Waals surface area contributed by atoms with Crippen molar-refractivity contribution in [3.63, 3.8) is 0 Å². The number of ether oxygens (including phenoxy) is 3. The third kappa shape index (κ3) is 3.04. The van der Waals surface area contributed by atoms with E-state index in [1.807, 2.05) is 13.8 Å². The lowest BCUT2D eigenvalue weighted by molar-refractivity contribution is -0.147. The fraction of sp³-hybridized carbons (Fsp3) is 0.533. The number of rotatable bonds is 3. The van der Waals surface area contributed by atoms with Gasteiger partial charge in [-0.25, -0.2) is 4.79 Å². The molecule has 0 fully saturated rings. The summed E-state index contributed by atoms with van der Waals surface area (Å²) in [6, 6.07) is 5.16. The molecule has 5 nitrogen and oxygen atoms in total. The maximum Gasteiger partial charge on any atom is 0.346 e. The topological polar surface area (TPSA) is 65.0 Å². The summed E-state index contributed by atoms with van der Waals surface area (Å²) in [7, 11) is 1.32. The average Bonchev–Trinajstić information content (AvgIpc) is 2.35. The van der Waals surface area contributed by atoms with Crippen molar-refractivity contribution in [3.8, 4) is 11.5 Å². The highest BCUT2D eigenvalue weighted by Gasteiger charge is 2.33. The van der Waals surface area contributed by atoms with Gasteiger partial charge in [0.1, 0.15) is 17.1 Å². The molecule has 0 bridgehead atoms. The predicted octanol–water partition coefficient (Wildman–Crippen LogP) is 2.22. The van der Waals surface area contributed by atoms with Gasteiger partial charge in [0.05, 0.1) is 13.2 Å². The van der Waals surface area contributed by atoms with Crippen LogP contribution in [0.4, 0.5) is 0 Å². The van der Waals surface area contributed by atoms with Crippen LogP contribution in [0.2, 0.25) is 0 Å². The first-order valence-corrected chi connectivity index (χ1v) is 6.58. The van der Waals surface area contributed by atoms with Crippen LogP contribution in [0, 0.1) is 0 Å². The van der Waals surface area contributed by atoms with Gasteiger partial charge >= 0.3 is 5.97 Å².